The highest BCUT2D eigenvalue weighted by atomic mass is 19.4. The number of amides is 1. The molecule has 0 aliphatic carbocycles. The molecule has 4 aromatic rings. The Morgan fingerprint density at radius 3 is 2.22 bits per heavy atom. The largest absolute Gasteiger partial charge is 0.467 e. The van der Waals surface area contributed by atoms with Crippen LogP contribution in [0.25, 0.3) is 22.2 Å². The number of benzene rings is 2. The van der Waals surface area contributed by atoms with Crippen LogP contribution in [0, 0.1) is 18.6 Å². The minimum atomic E-state index is -4.73. The Balaban J connectivity index is 1.68. The first-order valence-electron chi connectivity index (χ1n) is 13.7. The Morgan fingerprint density at radius 1 is 0.957 bits per heavy atom. The van der Waals surface area contributed by atoms with E-state index in [0.717, 1.165) is 7.11 Å². The van der Waals surface area contributed by atoms with E-state index < -0.39 is 71.2 Å². The monoisotopic (exact) mass is 654 g/mol. The first-order chi connectivity index (χ1) is 21.6. The Kier molecular flexibility index (Phi) is 9.82. The number of rotatable bonds is 9. The number of fused-ring (bicyclic) bond motifs is 1. The molecule has 2 atom stereocenters. The molecule has 2 aromatic carbocycles. The zero-order valence-corrected chi connectivity index (χ0v) is 24.4. The molecule has 0 saturated carbocycles. The van der Waals surface area contributed by atoms with Crippen LogP contribution in [0.5, 0.6) is 0 Å². The van der Waals surface area contributed by atoms with Crippen molar-refractivity contribution in [1.29, 1.82) is 0 Å². The topological polar surface area (TPSA) is 93.2 Å². The number of methoxy groups -OCH3 is 1. The van der Waals surface area contributed by atoms with Gasteiger partial charge in [-0.15, -0.1) is 0 Å². The van der Waals surface area contributed by atoms with Crippen LogP contribution in [0.3, 0.4) is 0 Å². The molecule has 0 radical (unpaired) electrons. The zero-order chi connectivity index (χ0) is 34.0. The lowest BCUT2D eigenvalue weighted by atomic mass is 9.94. The van der Waals surface area contributed by atoms with E-state index in [2.05, 4.69) is 15.3 Å². The molecule has 4 rings (SSSR count). The van der Waals surface area contributed by atoms with Crippen LogP contribution < -0.4 is 10.6 Å². The van der Waals surface area contributed by atoms with Gasteiger partial charge in [-0.3, -0.25) is 14.8 Å². The van der Waals surface area contributed by atoms with Crippen molar-refractivity contribution >= 4 is 28.5 Å². The summed E-state index contributed by atoms with van der Waals surface area (Å²) in [7, 11) is 0.999. The molecule has 0 unspecified atom stereocenters. The highest BCUT2D eigenvalue weighted by Crippen LogP contribution is 2.40. The number of hydrogen-bond acceptors (Lipinski definition) is 6. The molecule has 46 heavy (non-hydrogen) atoms. The molecule has 15 heteroatoms. The van der Waals surface area contributed by atoms with E-state index in [-0.39, 0.29) is 28.8 Å². The van der Waals surface area contributed by atoms with E-state index in [0.29, 0.717) is 23.1 Å². The molecular weight excluding hydrogens is 628 g/mol. The molecule has 0 saturated heterocycles. The van der Waals surface area contributed by atoms with Gasteiger partial charge in [0.2, 0.25) is 0 Å². The minimum absolute atomic E-state index is 0.0442. The number of ether oxygens (including phenoxy) is 1. The molecule has 2 aromatic heterocycles. The lowest BCUT2D eigenvalue weighted by Crippen LogP contribution is -2.43. The van der Waals surface area contributed by atoms with Crippen LogP contribution in [0.1, 0.15) is 40.4 Å². The molecular formula is C31H26F8N4O3. The fourth-order valence-corrected chi connectivity index (χ4v) is 5.00. The maximum atomic E-state index is 14.9. The summed E-state index contributed by atoms with van der Waals surface area (Å²) in [6, 6.07) is 4.35. The van der Waals surface area contributed by atoms with Crippen LogP contribution in [0.15, 0.2) is 54.9 Å². The molecule has 1 amide bonds. The number of aromatic nitrogens is 2. The summed E-state index contributed by atoms with van der Waals surface area (Å²) in [5, 5.41) is 4.46. The standard InChI is InChI=1S/C31H26F8N4O3/c1-4-23(30(34,35)36)42-17-13-20(32)24(21(33)14-17)28(44)43-22(29(45)46-3)12-16-7-8-19(26-18(16)6-5-10-40-26)27-25(31(37,38)39)15(2)9-11-41-27/h5-11,13-14,22-23,42H,4,12H2,1-3H3,(H,43,44)/t22-,23+/m0/s1. The molecule has 0 aliphatic heterocycles. The van der Waals surface area contributed by atoms with Crippen LogP contribution in [-0.4, -0.2) is 47.2 Å². The average molecular weight is 655 g/mol. The van der Waals surface area contributed by atoms with Crippen molar-refractivity contribution in [2.45, 2.75) is 51.1 Å². The Labute approximate surface area is 257 Å². The van der Waals surface area contributed by atoms with Gasteiger partial charge in [-0.05, 0) is 48.7 Å². The molecule has 0 fully saturated rings. The zero-order valence-electron chi connectivity index (χ0n) is 24.4. The number of aryl methyl sites for hydroxylation is 1. The normalized spacial score (nSPS) is 13.3. The highest BCUT2D eigenvalue weighted by molar-refractivity contribution is 5.99. The third-order valence-corrected chi connectivity index (χ3v) is 7.19. The van der Waals surface area contributed by atoms with Gasteiger partial charge in [-0.2, -0.15) is 26.3 Å². The number of esters is 1. The number of carbonyl (C=O) groups excluding carboxylic acids is 2. The van der Waals surface area contributed by atoms with E-state index in [1.807, 2.05) is 5.32 Å². The van der Waals surface area contributed by atoms with Gasteiger partial charge in [-0.1, -0.05) is 25.1 Å². The van der Waals surface area contributed by atoms with E-state index in [4.69, 9.17) is 4.74 Å². The Hall–Kier alpha value is -4.82. The third kappa shape index (κ3) is 7.18. The molecule has 0 aliphatic rings. The summed E-state index contributed by atoms with van der Waals surface area (Å²) < 4.78 is 116. The molecule has 2 N–H and O–H groups in total. The Bertz CT molecular complexity index is 1750. The number of nitrogens with zero attached hydrogens (tertiary/aromatic N) is 2. The van der Waals surface area contributed by atoms with Crippen molar-refractivity contribution in [2.24, 2.45) is 0 Å². The maximum Gasteiger partial charge on any atom is 0.418 e. The maximum absolute atomic E-state index is 14.9. The van der Waals surface area contributed by atoms with Crippen molar-refractivity contribution < 1.29 is 49.4 Å². The van der Waals surface area contributed by atoms with Crippen LogP contribution in [-0.2, 0) is 22.1 Å². The number of anilines is 1. The quantitative estimate of drug-likeness (QED) is 0.147. The number of hydrogen-bond donors (Lipinski definition) is 2. The summed E-state index contributed by atoms with van der Waals surface area (Å²) in [4.78, 5) is 33.9. The van der Waals surface area contributed by atoms with Gasteiger partial charge in [0, 0.05) is 35.5 Å². The van der Waals surface area contributed by atoms with Crippen LogP contribution in [0.2, 0.25) is 0 Å². The van der Waals surface area contributed by atoms with Crippen molar-refractivity contribution in [2.75, 3.05) is 12.4 Å². The van der Waals surface area contributed by atoms with Gasteiger partial charge in [0.15, 0.2) is 0 Å². The van der Waals surface area contributed by atoms with Gasteiger partial charge >= 0.3 is 18.3 Å². The fourth-order valence-electron chi connectivity index (χ4n) is 5.00. The first-order valence-corrected chi connectivity index (χ1v) is 13.7. The Morgan fingerprint density at radius 2 is 1.63 bits per heavy atom. The first kappa shape index (κ1) is 34.1. The van der Waals surface area contributed by atoms with E-state index >= 15 is 0 Å². The number of carbonyl (C=O) groups is 2. The van der Waals surface area contributed by atoms with E-state index in [1.165, 1.54) is 56.6 Å². The number of nitrogens with one attached hydrogen (secondary N) is 2. The summed E-state index contributed by atoms with van der Waals surface area (Å²) in [5.41, 5.74) is -2.66. The second-order valence-electron chi connectivity index (χ2n) is 10.2. The van der Waals surface area contributed by atoms with Gasteiger partial charge in [0.05, 0.1) is 23.9 Å². The SMILES string of the molecule is CC[C@@H](Nc1cc(F)c(C(=O)N[C@@H](Cc2ccc(-c3nccc(C)c3C(F)(F)F)c3ncccc23)C(=O)OC)c(F)c1)C(F)(F)F. The molecule has 0 spiro atoms. The molecule has 2 heterocycles. The summed E-state index contributed by atoms with van der Waals surface area (Å²) in [5.74, 6) is -5.42. The smallest absolute Gasteiger partial charge is 0.418 e. The van der Waals surface area contributed by atoms with Gasteiger partial charge in [0.25, 0.3) is 5.91 Å². The van der Waals surface area contributed by atoms with Gasteiger partial charge < -0.3 is 15.4 Å². The molecule has 7 nitrogen and oxygen atoms in total. The number of halogens is 8. The van der Waals surface area contributed by atoms with Crippen molar-refractivity contribution in [3.05, 3.63) is 88.7 Å². The van der Waals surface area contributed by atoms with Crippen LogP contribution >= 0.6 is 0 Å². The fraction of sp³-hybridized carbons (Fsp3) is 0.290. The second kappa shape index (κ2) is 13.3. The van der Waals surface area contributed by atoms with E-state index in [9.17, 15) is 44.7 Å². The van der Waals surface area contributed by atoms with Gasteiger partial charge in [-0.25, -0.2) is 13.6 Å². The lowest BCUT2D eigenvalue weighted by molar-refractivity contribution is -0.143. The minimum Gasteiger partial charge on any atom is -0.467 e. The highest BCUT2D eigenvalue weighted by Gasteiger charge is 2.39. The molecule has 0 bridgehead atoms. The van der Waals surface area contributed by atoms with Crippen molar-refractivity contribution in [3.8, 4) is 11.3 Å². The van der Waals surface area contributed by atoms with Crippen molar-refractivity contribution in [3.63, 3.8) is 0 Å². The summed E-state index contributed by atoms with van der Waals surface area (Å²) in [6.07, 6.45) is -7.65. The number of alkyl halides is 6. The van der Waals surface area contributed by atoms with Crippen LogP contribution in [0.4, 0.5) is 40.8 Å². The summed E-state index contributed by atoms with van der Waals surface area (Å²) >= 11 is 0. The average Bonchev–Trinajstić information content (AvgIpc) is 2.97. The number of pyridine rings is 2. The lowest BCUT2D eigenvalue weighted by Gasteiger charge is -2.22. The van der Waals surface area contributed by atoms with E-state index in [1.54, 1.807) is 0 Å². The predicted octanol–water partition coefficient (Wildman–Crippen LogP) is 7.17. The van der Waals surface area contributed by atoms with Gasteiger partial charge in [0.1, 0.15) is 29.3 Å². The molecule has 244 valence electrons. The van der Waals surface area contributed by atoms with Crippen molar-refractivity contribution in [1.82, 2.24) is 15.3 Å². The predicted molar refractivity (Wildman–Crippen MR) is 152 cm³/mol. The second-order valence-corrected chi connectivity index (χ2v) is 10.2. The third-order valence-electron chi connectivity index (χ3n) is 7.19. The summed E-state index contributed by atoms with van der Waals surface area (Å²) in [6.45, 7) is 2.51.